The number of anilines is 1. The van der Waals surface area contributed by atoms with E-state index in [1.54, 1.807) is 18.2 Å². The fourth-order valence-corrected chi connectivity index (χ4v) is 3.21. The molecule has 0 spiro atoms. The molecule has 0 saturated carbocycles. The number of nitrogens with zero attached hydrogens (tertiary/aromatic N) is 1. The molecule has 1 aromatic carbocycles. The van der Waals surface area contributed by atoms with Crippen LogP contribution in [0, 0.1) is 0 Å². The second-order valence-electron chi connectivity index (χ2n) is 3.55. The molecule has 2 aromatic rings. The molecule has 1 N–H and O–H groups in total. The maximum absolute atomic E-state index is 12.1. The fourth-order valence-electron chi connectivity index (χ4n) is 1.30. The fraction of sp³-hybridized carbons (Fsp3) is 0. The monoisotopic (exact) mass is 380 g/mol. The number of nitrogens with one attached hydrogen (secondary N) is 1. The van der Waals surface area contributed by atoms with E-state index in [9.17, 15) is 8.42 Å². The first-order valence-electron chi connectivity index (χ1n) is 4.98. The molecule has 0 saturated heterocycles. The summed E-state index contributed by atoms with van der Waals surface area (Å²) < 4.78 is 27.3. The van der Waals surface area contributed by atoms with Crippen molar-refractivity contribution >= 4 is 54.8 Å². The molecule has 0 radical (unpaired) electrons. The lowest BCUT2D eigenvalue weighted by atomic mass is 10.3. The summed E-state index contributed by atoms with van der Waals surface area (Å²) >= 11 is 14.8. The van der Waals surface area contributed by atoms with E-state index in [4.69, 9.17) is 23.2 Å². The Bertz CT molecular complexity index is 705. The van der Waals surface area contributed by atoms with E-state index < -0.39 is 10.0 Å². The molecule has 2 rings (SSSR count). The third-order valence-electron chi connectivity index (χ3n) is 2.19. The van der Waals surface area contributed by atoms with Crippen molar-refractivity contribution in [1.29, 1.82) is 0 Å². The van der Waals surface area contributed by atoms with Crippen LogP contribution in [-0.4, -0.2) is 13.4 Å². The van der Waals surface area contributed by atoms with Gasteiger partial charge in [-0.15, -0.1) is 0 Å². The molecule has 0 amide bonds. The van der Waals surface area contributed by atoms with Crippen molar-refractivity contribution in [3.63, 3.8) is 0 Å². The van der Waals surface area contributed by atoms with Gasteiger partial charge >= 0.3 is 0 Å². The summed E-state index contributed by atoms with van der Waals surface area (Å²) in [6, 6.07) is 7.61. The highest BCUT2D eigenvalue weighted by Crippen LogP contribution is 2.27. The van der Waals surface area contributed by atoms with Crippen molar-refractivity contribution < 1.29 is 8.42 Å². The van der Waals surface area contributed by atoms with Gasteiger partial charge in [0, 0.05) is 10.7 Å². The average molecular weight is 382 g/mol. The Hall–Kier alpha value is -0.820. The third-order valence-corrected chi connectivity index (χ3v) is 4.57. The van der Waals surface area contributed by atoms with E-state index in [0.717, 1.165) is 4.47 Å². The van der Waals surface area contributed by atoms with Gasteiger partial charge in [-0.25, -0.2) is 13.4 Å². The molecule has 0 aliphatic carbocycles. The standard InChI is InChI=1S/C11H7BrCl2N2O2S/c12-7-1-3-10(9(13)5-7)16-19(17,18)8-2-4-11(14)15-6-8/h1-6,16H. The molecule has 0 aliphatic heterocycles. The van der Waals surface area contributed by atoms with E-state index in [1.807, 2.05) is 0 Å². The Labute approximate surface area is 128 Å². The number of hydrogen-bond acceptors (Lipinski definition) is 3. The van der Waals surface area contributed by atoms with Crippen LogP contribution in [0.5, 0.6) is 0 Å². The van der Waals surface area contributed by atoms with Gasteiger partial charge in [-0.1, -0.05) is 39.1 Å². The number of hydrogen-bond donors (Lipinski definition) is 1. The zero-order valence-corrected chi connectivity index (χ0v) is 13.2. The van der Waals surface area contributed by atoms with Crippen molar-refractivity contribution in [2.45, 2.75) is 4.90 Å². The average Bonchev–Trinajstić information content (AvgIpc) is 2.33. The first-order chi connectivity index (χ1) is 8.88. The number of rotatable bonds is 3. The molecule has 4 nitrogen and oxygen atoms in total. The number of pyridine rings is 1. The zero-order valence-electron chi connectivity index (χ0n) is 9.27. The topological polar surface area (TPSA) is 59.1 Å². The van der Waals surface area contributed by atoms with Crippen LogP contribution in [0.2, 0.25) is 10.2 Å². The summed E-state index contributed by atoms with van der Waals surface area (Å²) in [6.07, 6.45) is 1.18. The maximum atomic E-state index is 12.1. The minimum atomic E-state index is -3.74. The van der Waals surface area contributed by atoms with Gasteiger partial charge in [0.1, 0.15) is 10.0 Å². The third kappa shape index (κ3) is 3.60. The van der Waals surface area contributed by atoms with Gasteiger partial charge in [-0.05, 0) is 30.3 Å². The van der Waals surface area contributed by atoms with Crippen molar-refractivity contribution in [2.75, 3.05) is 4.72 Å². The van der Waals surface area contributed by atoms with Crippen LogP contribution >= 0.6 is 39.1 Å². The minimum Gasteiger partial charge on any atom is -0.278 e. The highest BCUT2D eigenvalue weighted by atomic mass is 79.9. The Morgan fingerprint density at radius 1 is 1.16 bits per heavy atom. The first kappa shape index (κ1) is 14.6. The van der Waals surface area contributed by atoms with Crippen LogP contribution in [-0.2, 0) is 10.0 Å². The number of sulfonamides is 1. The lowest BCUT2D eigenvalue weighted by Gasteiger charge is -2.09. The van der Waals surface area contributed by atoms with E-state index in [-0.39, 0.29) is 10.0 Å². The predicted molar refractivity (Wildman–Crippen MR) is 79.2 cm³/mol. The molecule has 0 bridgehead atoms. The van der Waals surface area contributed by atoms with Crippen LogP contribution in [0.25, 0.3) is 0 Å². The summed E-state index contributed by atoms with van der Waals surface area (Å²) in [7, 11) is -3.74. The summed E-state index contributed by atoms with van der Waals surface area (Å²) in [5.74, 6) is 0. The van der Waals surface area contributed by atoms with Gasteiger partial charge < -0.3 is 0 Å². The predicted octanol–water partition coefficient (Wildman–Crippen LogP) is 3.95. The largest absolute Gasteiger partial charge is 0.278 e. The Kier molecular flexibility index (Phi) is 4.35. The highest BCUT2D eigenvalue weighted by molar-refractivity contribution is 9.10. The smallest absolute Gasteiger partial charge is 0.263 e. The second kappa shape index (κ2) is 5.66. The Morgan fingerprint density at radius 2 is 1.89 bits per heavy atom. The van der Waals surface area contributed by atoms with Crippen molar-refractivity contribution in [2.24, 2.45) is 0 Å². The summed E-state index contributed by atoms with van der Waals surface area (Å²) in [5.41, 5.74) is 0.291. The molecule has 0 aliphatic rings. The van der Waals surface area contributed by atoms with Gasteiger partial charge in [-0.3, -0.25) is 4.72 Å². The van der Waals surface area contributed by atoms with E-state index in [2.05, 4.69) is 25.6 Å². The van der Waals surface area contributed by atoms with Crippen molar-refractivity contribution in [1.82, 2.24) is 4.98 Å². The first-order valence-corrected chi connectivity index (χ1v) is 8.01. The van der Waals surface area contributed by atoms with E-state index in [1.165, 1.54) is 18.3 Å². The molecule has 8 heteroatoms. The molecule has 0 atom stereocenters. The van der Waals surface area contributed by atoms with Gasteiger partial charge in [0.05, 0.1) is 10.7 Å². The molecule has 0 unspecified atom stereocenters. The Morgan fingerprint density at radius 3 is 2.47 bits per heavy atom. The van der Waals surface area contributed by atoms with Crippen LogP contribution in [0.1, 0.15) is 0 Å². The zero-order chi connectivity index (χ0) is 14.0. The molecule has 0 fully saturated rings. The summed E-state index contributed by atoms with van der Waals surface area (Å²) in [6.45, 7) is 0. The summed E-state index contributed by atoms with van der Waals surface area (Å²) in [5, 5.41) is 0.514. The van der Waals surface area contributed by atoms with Crippen LogP contribution in [0.15, 0.2) is 45.9 Å². The van der Waals surface area contributed by atoms with Gasteiger partial charge in [0.15, 0.2) is 0 Å². The molecule has 19 heavy (non-hydrogen) atoms. The van der Waals surface area contributed by atoms with Gasteiger partial charge in [0.2, 0.25) is 0 Å². The lowest BCUT2D eigenvalue weighted by Crippen LogP contribution is -2.13. The normalized spacial score (nSPS) is 11.3. The van der Waals surface area contributed by atoms with Crippen LogP contribution < -0.4 is 4.72 Å². The number of halogens is 3. The molecule has 1 heterocycles. The maximum Gasteiger partial charge on any atom is 0.263 e. The highest BCUT2D eigenvalue weighted by Gasteiger charge is 2.16. The molecule has 100 valence electrons. The molecular formula is C11H7BrCl2N2O2S. The molecular weight excluding hydrogens is 375 g/mol. The summed E-state index contributed by atoms with van der Waals surface area (Å²) in [4.78, 5) is 3.74. The number of benzene rings is 1. The Balaban J connectivity index is 2.33. The van der Waals surface area contributed by atoms with E-state index >= 15 is 0 Å². The van der Waals surface area contributed by atoms with Gasteiger partial charge in [0.25, 0.3) is 10.0 Å². The SMILES string of the molecule is O=S(=O)(Nc1ccc(Br)cc1Cl)c1ccc(Cl)nc1. The van der Waals surface area contributed by atoms with Crippen LogP contribution in [0.4, 0.5) is 5.69 Å². The van der Waals surface area contributed by atoms with Crippen molar-refractivity contribution in [3.05, 3.63) is 51.2 Å². The number of aromatic nitrogens is 1. The molecule has 1 aromatic heterocycles. The quantitative estimate of drug-likeness (QED) is 0.818. The van der Waals surface area contributed by atoms with Crippen molar-refractivity contribution in [3.8, 4) is 0 Å². The minimum absolute atomic E-state index is 0.0101. The second-order valence-corrected chi connectivity index (χ2v) is 6.94. The van der Waals surface area contributed by atoms with Crippen LogP contribution in [0.3, 0.4) is 0 Å². The lowest BCUT2D eigenvalue weighted by molar-refractivity contribution is 0.601. The van der Waals surface area contributed by atoms with E-state index in [0.29, 0.717) is 10.7 Å². The van der Waals surface area contributed by atoms with Gasteiger partial charge in [-0.2, -0.15) is 0 Å².